The van der Waals surface area contributed by atoms with Gasteiger partial charge >= 0.3 is 0 Å². The fourth-order valence-corrected chi connectivity index (χ4v) is 6.91. The van der Waals surface area contributed by atoms with Crippen molar-refractivity contribution in [2.24, 2.45) is 0 Å². The van der Waals surface area contributed by atoms with Gasteiger partial charge in [-0.3, -0.25) is 0 Å². The lowest BCUT2D eigenvalue weighted by atomic mass is 10.1. The van der Waals surface area contributed by atoms with Crippen LogP contribution in [0.4, 0.5) is 0 Å². The average Bonchev–Trinajstić information content (AvgIpc) is 4.09. The molecular weight excluding hydrogens is 695 g/mol. The van der Waals surface area contributed by atoms with E-state index in [1.807, 2.05) is 0 Å². The lowest BCUT2D eigenvalue weighted by molar-refractivity contribution is -0.0541. The fraction of sp³-hybridized carbons (Fsp3) is 0.838. The fourth-order valence-electron chi connectivity index (χ4n) is 6.91. The van der Waals surface area contributed by atoms with E-state index in [-0.39, 0.29) is 109 Å². The van der Waals surface area contributed by atoms with Crippen LogP contribution in [0.1, 0.15) is 8.85 Å². The summed E-state index contributed by atoms with van der Waals surface area (Å²) in [5, 5.41) is 0. The van der Waals surface area contributed by atoms with E-state index in [1.165, 1.54) is 0 Å². The first-order valence-corrected chi connectivity index (χ1v) is 18.2. The molecule has 53 heavy (non-hydrogen) atoms. The maximum absolute atomic E-state index is 5.77. The van der Waals surface area contributed by atoms with Crippen molar-refractivity contribution in [3.63, 3.8) is 0 Å². The Bertz CT molecular complexity index is 1060. The van der Waals surface area contributed by atoms with Gasteiger partial charge in [0.2, 0.25) is 0 Å². The van der Waals surface area contributed by atoms with Crippen LogP contribution >= 0.6 is 0 Å². The summed E-state index contributed by atoms with van der Waals surface area (Å²) in [5.41, 5.74) is 0. The van der Waals surface area contributed by atoms with Crippen LogP contribution in [0, 0.1) is 0 Å². The summed E-state index contributed by atoms with van der Waals surface area (Å²) in [6.45, 7) is 20.3. The van der Waals surface area contributed by atoms with E-state index in [1.54, 1.807) is 18.2 Å². The Morgan fingerprint density at radius 1 is 0.377 bits per heavy atom. The first kappa shape index (κ1) is 42.8. The smallest absolute Gasteiger partial charge is 0.115 e. The van der Waals surface area contributed by atoms with Crippen LogP contribution < -0.4 is 0 Å². The number of fused-ring (bicyclic) bond motifs is 3. The van der Waals surface area contributed by atoms with Crippen LogP contribution in [-0.4, -0.2) is 199 Å². The van der Waals surface area contributed by atoms with E-state index in [0.29, 0.717) is 79.3 Å². The topological polar surface area (TPSA) is 148 Å². The molecule has 3 radical (unpaired) electrons. The zero-order valence-electron chi connectivity index (χ0n) is 29.8. The summed E-state index contributed by atoms with van der Waals surface area (Å²) in [6.07, 6.45) is 6.11. The number of ether oxygens (including phenoxy) is 15. The second kappa shape index (κ2) is 21.3. The van der Waals surface area contributed by atoms with Crippen LogP contribution in [0.15, 0.2) is 38.0 Å². The van der Waals surface area contributed by atoms with E-state index in [4.69, 9.17) is 71.1 Å². The molecule has 0 aromatic heterocycles. The van der Waals surface area contributed by atoms with Crippen LogP contribution in [0.25, 0.3) is 0 Å². The summed E-state index contributed by atoms with van der Waals surface area (Å²) in [6, 6.07) is 0. The SMILES string of the molecule is C.C1OC1CO[C@@H]1CO[C@H]2[C@@H]1OC[C@H]2OCC1CO1.C=CCO[C@@H]1CO[C@H]2[C@@H]1OC[C@H]2OCC1CO1.C=CCO[C@@H]1CO[C@H]2[C@@H]1OC[C@H]2OCC=C.[2HH].[B]. The molecule has 9 aliphatic heterocycles. The molecule has 16 heteroatoms. The first-order chi connectivity index (χ1) is 25.1. The van der Waals surface area contributed by atoms with Crippen molar-refractivity contribution in [1.29, 1.82) is 0 Å². The van der Waals surface area contributed by atoms with Gasteiger partial charge in [0, 0.05) is 9.84 Å². The highest BCUT2D eigenvalue weighted by molar-refractivity contribution is 5.75. The van der Waals surface area contributed by atoms with Crippen LogP contribution in [0.2, 0.25) is 0 Å². The third-order valence-electron chi connectivity index (χ3n) is 9.87. The molecule has 0 saturated carbocycles. The molecule has 9 aliphatic rings. The molecule has 9 saturated heterocycles. The molecule has 0 aliphatic carbocycles. The van der Waals surface area contributed by atoms with Crippen molar-refractivity contribution in [2.45, 2.75) is 99.0 Å². The van der Waals surface area contributed by atoms with Crippen molar-refractivity contribution >= 4 is 8.41 Å². The van der Waals surface area contributed by atoms with Gasteiger partial charge in [0.25, 0.3) is 0 Å². The second-order valence-electron chi connectivity index (χ2n) is 13.8. The van der Waals surface area contributed by atoms with E-state index < -0.39 is 0 Å². The maximum Gasteiger partial charge on any atom is 0.115 e. The van der Waals surface area contributed by atoms with Crippen LogP contribution in [0.3, 0.4) is 0 Å². The predicted molar refractivity (Wildman–Crippen MR) is 191 cm³/mol. The molecule has 0 aromatic rings. The monoisotopic (exact) mass is 756 g/mol. The van der Waals surface area contributed by atoms with Gasteiger partial charge in [-0.2, -0.15) is 0 Å². The van der Waals surface area contributed by atoms with Gasteiger partial charge in [0.05, 0.1) is 99.1 Å². The zero-order chi connectivity index (χ0) is 35.0. The molecule has 3 unspecified atom stereocenters. The molecule has 301 valence electrons. The van der Waals surface area contributed by atoms with E-state index in [2.05, 4.69) is 19.7 Å². The molecular formula is C37H60BO15. The minimum Gasteiger partial charge on any atom is -0.371 e. The van der Waals surface area contributed by atoms with Crippen LogP contribution in [-0.2, 0) is 71.1 Å². The Balaban J connectivity index is 0.000000176. The Labute approximate surface area is 316 Å². The minimum absolute atomic E-state index is 0. The van der Waals surface area contributed by atoms with E-state index in [9.17, 15) is 0 Å². The number of epoxide rings is 3. The van der Waals surface area contributed by atoms with Crippen molar-refractivity contribution in [2.75, 3.05) is 99.1 Å². The first-order valence-electron chi connectivity index (χ1n) is 18.2. The number of hydrogen-bond acceptors (Lipinski definition) is 15. The highest BCUT2D eigenvalue weighted by atomic mass is 16.7. The molecule has 0 N–H and O–H groups in total. The molecule has 9 fully saturated rings. The maximum atomic E-state index is 5.77. The van der Waals surface area contributed by atoms with Crippen molar-refractivity contribution in [3.05, 3.63) is 38.0 Å². The summed E-state index contributed by atoms with van der Waals surface area (Å²) in [7, 11) is 0. The molecule has 0 amide bonds. The lowest BCUT2D eigenvalue weighted by Crippen LogP contribution is -2.35. The second-order valence-corrected chi connectivity index (χ2v) is 13.8. The van der Waals surface area contributed by atoms with Gasteiger partial charge in [0.15, 0.2) is 0 Å². The van der Waals surface area contributed by atoms with Crippen molar-refractivity contribution in [1.82, 2.24) is 0 Å². The molecule has 0 bridgehead atoms. The zero-order valence-corrected chi connectivity index (χ0v) is 29.8. The molecule has 15 nitrogen and oxygen atoms in total. The quantitative estimate of drug-likeness (QED) is 0.111. The minimum atomic E-state index is -0.00485. The summed E-state index contributed by atoms with van der Waals surface area (Å²) >= 11 is 0. The molecule has 0 spiro atoms. The largest absolute Gasteiger partial charge is 0.371 e. The van der Waals surface area contributed by atoms with E-state index >= 15 is 0 Å². The average molecular weight is 757 g/mol. The van der Waals surface area contributed by atoms with Gasteiger partial charge in [-0.15, -0.1) is 19.7 Å². The Hall–Kier alpha value is -1.32. The van der Waals surface area contributed by atoms with Crippen molar-refractivity contribution in [3.8, 4) is 0 Å². The Morgan fingerprint density at radius 3 is 0.774 bits per heavy atom. The standard InChI is InChI=1S/C12H18O6.C12H18O5.C12H18O4.CH4.B.H2/c1-7(13-1)3-15-9-5-17-12-10(6-18-11(9)12)16-4-8-2-14-8;1-2-3-13-9-6-16-12-10(7-17-11(9)12)15-5-8-4-14-8;1-3-5-13-9-7-15-12-10(14-6-4-2)8-16-11(9)12;;;/h7-12H,1-6H2;2,8-12H,1,3-7H2;3-4,9-12H,1-2,5-8H2;1H4;;1H/t7?,8?,9-,10-,11-,12-;8?,9-,10-,11-,12-;9-,10-,11-,12-;;;/m111.../s1/i;;;;;1+1. The van der Waals surface area contributed by atoms with Gasteiger partial charge in [0.1, 0.15) is 91.6 Å². The third kappa shape index (κ3) is 11.9. The Morgan fingerprint density at radius 2 is 0.585 bits per heavy atom. The van der Waals surface area contributed by atoms with Crippen LogP contribution in [0.5, 0.6) is 0 Å². The van der Waals surface area contributed by atoms with Gasteiger partial charge in [-0.1, -0.05) is 25.7 Å². The summed E-state index contributed by atoms with van der Waals surface area (Å²) in [5.74, 6) is 0. The van der Waals surface area contributed by atoms with Gasteiger partial charge in [-0.25, -0.2) is 0 Å². The highest BCUT2D eigenvalue weighted by Gasteiger charge is 2.51. The normalized spacial score (nSPS) is 42.0. The molecule has 9 heterocycles. The summed E-state index contributed by atoms with van der Waals surface area (Å²) < 4.78 is 83.6. The Kier molecular flexibility index (Phi) is 17.2. The third-order valence-corrected chi connectivity index (χ3v) is 9.87. The van der Waals surface area contributed by atoms with E-state index in [0.717, 1.165) is 19.8 Å². The number of rotatable bonds is 18. The van der Waals surface area contributed by atoms with Crippen molar-refractivity contribution < 1.29 is 72.5 Å². The predicted octanol–water partition coefficient (Wildman–Crippen LogP) is 0.919. The highest BCUT2D eigenvalue weighted by Crippen LogP contribution is 2.33. The molecule has 9 rings (SSSR count). The van der Waals surface area contributed by atoms with Gasteiger partial charge in [-0.05, 0) is 0 Å². The van der Waals surface area contributed by atoms with Gasteiger partial charge < -0.3 is 71.1 Å². The summed E-state index contributed by atoms with van der Waals surface area (Å²) in [4.78, 5) is 0. The molecule has 15 atom stereocenters. The molecule has 0 aromatic carbocycles. The number of hydrogen-bond donors (Lipinski definition) is 0. The lowest BCUT2D eigenvalue weighted by Gasteiger charge is -2.16.